The minimum absolute atomic E-state index is 0. The lowest BCUT2D eigenvalue weighted by atomic mass is 10.1. The van der Waals surface area contributed by atoms with Crippen molar-refractivity contribution in [2.75, 3.05) is 31.5 Å². The Balaban J connectivity index is 0.00000363. The smallest absolute Gasteiger partial charge is 0.357 e. The van der Waals surface area contributed by atoms with E-state index in [1.165, 1.54) is 4.90 Å². The lowest BCUT2D eigenvalue weighted by Crippen LogP contribution is -2.45. The van der Waals surface area contributed by atoms with Crippen molar-refractivity contribution in [1.29, 1.82) is 0 Å². The zero-order valence-electron chi connectivity index (χ0n) is 18.4. The third-order valence-corrected chi connectivity index (χ3v) is 5.70. The van der Waals surface area contributed by atoms with E-state index in [-0.39, 0.29) is 41.8 Å². The number of benzene rings is 1. The molecular weight excluding hydrogens is 534 g/mol. The molecule has 1 aliphatic heterocycles. The average molecular weight is 567 g/mol. The third-order valence-electron chi connectivity index (χ3n) is 5.70. The highest BCUT2D eigenvalue weighted by Gasteiger charge is 2.34. The van der Waals surface area contributed by atoms with Gasteiger partial charge in [-0.25, -0.2) is 4.99 Å². The van der Waals surface area contributed by atoms with Gasteiger partial charge in [-0.3, -0.25) is 9.69 Å². The first-order chi connectivity index (χ1) is 14.8. The maximum atomic E-state index is 12.6. The Morgan fingerprint density at radius 1 is 1.22 bits per heavy atom. The van der Waals surface area contributed by atoms with Crippen molar-refractivity contribution in [2.45, 2.75) is 57.8 Å². The van der Waals surface area contributed by atoms with Crippen LogP contribution in [0, 0.1) is 5.92 Å². The van der Waals surface area contributed by atoms with Gasteiger partial charge in [0.25, 0.3) is 0 Å². The number of amides is 1. The molecule has 3 rings (SSSR count). The van der Waals surface area contributed by atoms with E-state index in [0.29, 0.717) is 38.6 Å². The lowest BCUT2D eigenvalue weighted by molar-refractivity contribution is -0.143. The topological polar surface area (TPSA) is 68.8 Å². The summed E-state index contributed by atoms with van der Waals surface area (Å²) in [5, 5.41) is 9.41. The predicted molar refractivity (Wildman–Crippen MR) is 131 cm³/mol. The normalized spacial score (nSPS) is 20.1. The Morgan fingerprint density at radius 3 is 2.66 bits per heavy atom. The molecule has 1 aromatic rings. The first kappa shape index (κ1) is 26.7. The van der Waals surface area contributed by atoms with Crippen LogP contribution < -0.4 is 16.0 Å². The number of halogens is 4. The molecule has 1 aliphatic carbocycles. The van der Waals surface area contributed by atoms with Crippen molar-refractivity contribution in [3.63, 3.8) is 0 Å². The zero-order chi connectivity index (χ0) is 22.3. The van der Waals surface area contributed by atoms with Gasteiger partial charge in [-0.15, -0.1) is 24.0 Å². The molecule has 2 aliphatic rings. The average Bonchev–Trinajstić information content (AvgIpc) is 3.38. The summed E-state index contributed by atoms with van der Waals surface area (Å²) >= 11 is 0. The molecule has 1 atom stereocenters. The fourth-order valence-electron chi connectivity index (χ4n) is 4.21. The monoisotopic (exact) mass is 567 g/mol. The number of nitrogens with one attached hydrogen (secondary N) is 3. The van der Waals surface area contributed by atoms with Crippen LogP contribution in [-0.2, 0) is 11.3 Å². The maximum absolute atomic E-state index is 12.6. The third kappa shape index (κ3) is 8.76. The fraction of sp³-hybridized carbons (Fsp3) is 0.636. The number of likely N-dealkylation sites (tertiary alicyclic amines) is 1. The predicted octanol–water partition coefficient (Wildman–Crippen LogP) is 4.13. The van der Waals surface area contributed by atoms with Crippen LogP contribution in [0.2, 0.25) is 0 Å². The molecule has 0 radical (unpaired) electrons. The number of hydrogen-bond donors (Lipinski definition) is 3. The number of rotatable bonds is 7. The van der Waals surface area contributed by atoms with E-state index in [0.717, 1.165) is 36.9 Å². The molecule has 6 nitrogen and oxygen atoms in total. The van der Waals surface area contributed by atoms with Crippen LogP contribution in [-0.4, -0.2) is 55.2 Å². The minimum Gasteiger partial charge on any atom is -0.357 e. The van der Waals surface area contributed by atoms with Crippen molar-refractivity contribution < 1.29 is 18.0 Å². The number of nitrogens with zero attached hydrogens (tertiary/aromatic N) is 2. The number of alkyl halides is 3. The van der Waals surface area contributed by atoms with Gasteiger partial charge in [0.15, 0.2) is 5.96 Å². The van der Waals surface area contributed by atoms with E-state index in [1.807, 2.05) is 31.2 Å². The molecule has 10 heteroatoms. The summed E-state index contributed by atoms with van der Waals surface area (Å²) < 4.78 is 37.8. The molecule has 1 saturated heterocycles. The van der Waals surface area contributed by atoms with Crippen molar-refractivity contribution >= 4 is 41.5 Å². The van der Waals surface area contributed by atoms with Crippen LogP contribution in [0.4, 0.5) is 18.9 Å². The number of hydrogen-bond acceptors (Lipinski definition) is 3. The second-order valence-corrected chi connectivity index (χ2v) is 8.35. The van der Waals surface area contributed by atoms with Gasteiger partial charge >= 0.3 is 6.18 Å². The summed E-state index contributed by atoms with van der Waals surface area (Å²) in [6.07, 6.45) is 0.600. The Morgan fingerprint density at radius 2 is 1.97 bits per heavy atom. The van der Waals surface area contributed by atoms with Crippen molar-refractivity contribution in [1.82, 2.24) is 15.5 Å². The van der Waals surface area contributed by atoms with Gasteiger partial charge in [0, 0.05) is 37.3 Å². The van der Waals surface area contributed by atoms with Crippen LogP contribution in [0.1, 0.15) is 44.6 Å². The van der Waals surface area contributed by atoms with Gasteiger partial charge in [-0.1, -0.05) is 25.0 Å². The van der Waals surface area contributed by atoms with Crippen molar-refractivity contribution in [2.24, 2.45) is 10.9 Å². The number of guanidine groups is 1. The van der Waals surface area contributed by atoms with Crippen LogP contribution in [0.15, 0.2) is 29.3 Å². The largest absolute Gasteiger partial charge is 0.401 e. The van der Waals surface area contributed by atoms with Crippen molar-refractivity contribution in [3.8, 4) is 0 Å². The standard InChI is InChI=1S/C22H32F3N5O.HI/c1-2-26-21(29-19-10-11-30(14-19)15-22(23,24)25)27-13-16-6-5-9-18(12-16)28-20(31)17-7-3-4-8-17;/h5-6,9,12,17,19H,2-4,7-8,10-11,13-15H2,1H3,(H,28,31)(H2,26,27,29);1H. The summed E-state index contributed by atoms with van der Waals surface area (Å²) in [7, 11) is 0. The molecule has 0 aromatic heterocycles. The molecule has 1 amide bonds. The molecule has 0 bridgehead atoms. The Labute approximate surface area is 204 Å². The molecule has 180 valence electrons. The van der Waals surface area contributed by atoms with E-state index < -0.39 is 12.7 Å². The van der Waals surface area contributed by atoms with Crippen LogP contribution in [0.3, 0.4) is 0 Å². The molecule has 1 aromatic carbocycles. The maximum Gasteiger partial charge on any atom is 0.401 e. The summed E-state index contributed by atoms with van der Waals surface area (Å²) in [6.45, 7) is 2.88. The molecule has 32 heavy (non-hydrogen) atoms. The lowest BCUT2D eigenvalue weighted by Gasteiger charge is -2.19. The first-order valence-electron chi connectivity index (χ1n) is 11.1. The summed E-state index contributed by atoms with van der Waals surface area (Å²) in [5.41, 5.74) is 1.72. The molecule has 0 spiro atoms. The zero-order valence-corrected chi connectivity index (χ0v) is 20.7. The number of carbonyl (C=O) groups excluding carboxylic acids is 1. The second kappa shape index (κ2) is 12.6. The SMILES string of the molecule is CCNC(=NCc1cccc(NC(=O)C2CCCC2)c1)NC1CCN(CC(F)(F)F)C1.I. The molecule has 3 N–H and O–H groups in total. The van der Waals surface area contributed by atoms with Crippen LogP contribution in [0.25, 0.3) is 0 Å². The summed E-state index contributed by atoms with van der Waals surface area (Å²) in [6, 6.07) is 7.55. The van der Waals surface area contributed by atoms with Gasteiger partial charge in [0.1, 0.15) is 0 Å². The van der Waals surface area contributed by atoms with Gasteiger partial charge in [-0.2, -0.15) is 13.2 Å². The first-order valence-corrected chi connectivity index (χ1v) is 11.1. The molecular formula is C22H33F3IN5O. The van der Waals surface area contributed by atoms with E-state index in [9.17, 15) is 18.0 Å². The number of anilines is 1. The highest BCUT2D eigenvalue weighted by Crippen LogP contribution is 2.26. The van der Waals surface area contributed by atoms with E-state index in [1.54, 1.807) is 0 Å². The van der Waals surface area contributed by atoms with Gasteiger partial charge < -0.3 is 16.0 Å². The van der Waals surface area contributed by atoms with E-state index >= 15 is 0 Å². The fourth-order valence-corrected chi connectivity index (χ4v) is 4.21. The van der Waals surface area contributed by atoms with Crippen LogP contribution in [0.5, 0.6) is 0 Å². The van der Waals surface area contributed by atoms with E-state index in [2.05, 4.69) is 20.9 Å². The highest BCUT2D eigenvalue weighted by molar-refractivity contribution is 14.0. The van der Waals surface area contributed by atoms with Gasteiger partial charge in [0.05, 0.1) is 13.1 Å². The number of aliphatic imine (C=N–C) groups is 1. The summed E-state index contributed by atoms with van der Waals surface area (Å²) in [5.74, 6) is 0.772. The quantitative estimate of drug-likeness (QED) is 0.264. The van der Waals surface area contributed by atoms with Crippen LogP contribution >= 0.6 is 24.0 Å². The van der Waals surface area contributed by atoms with Gasteiger partial charge in [-0.05, 0) is 43.9 Å². The Bertz CT molecular complexity index is 768. The molecule has 1 unspecified atom stereocenters. The minimum atomic E-state index is -4.17. The molecule has 2 fully saturated rings. The van der Waals surface area contributed by atoms with Crippen molar-refractivity contribution in [3.05, 3.63) is 29.8 Å². The molecule has 1 saturated carbocycles. The Hall–Kier alpha value is -1.56. The molecule has 1 heterocycles. The Kier molecular flexibility index (Phi) is 10.5. The number of carbonyl (C=O) groups is 1. The highest BCUT2D eigenvalue weighted by atomic mass is 127. The van der Waals surface area contributed by atoms with Gasteiger partial charge in [0.2, 0.25) is 5.91 Å². The second-order valence-electron chi connectivity index (χ2n) is 8.35. The summed E-state index contributed by atoms with van der Waals surface area (Å²) in [4.78, 5) is 18.4. The van der Waals surface area contributed by atoms with E-state index in [4.69, 9.17) is 0 Å².